The third-order valence-corrected chi connectivity index (χ3v) is 6.01. The maximum Gasteiger partial charge on any atom is 0.327 e. The van der Waals surface area contributed by atoms with Gasteiger partial charge in [0.25, 0.3) is 0 Å². The molecule has 3 aromatic rings. The molecule has 0 radical (unpaired) electrons. The smallest absolute Gasteiger partial charge is 0.327 e. The summed E-state index contributed by atoms with van der Waals surface area (Å²) < 4.78 is 7.55. The number of hydrogen-bond donors (Lipinski definition) is 2. The zero-order chi connectivity index (χ0) is 22.2. The van der Waals surface area contributed by atoms with E-state index in [1.165, 1.54) is 5.69 Å². The second kappa shape index (κ2) is 8.31. The quantitative estimate of drug-likeness (QED) is 0.655. The summed E-state index contributed by atoms with van der Waals surface area (Å²) in [7, 11) is 1.88. The van der Waals surface area contributed by atoms with E-state index in [1.807, 2.05) is 39.2 Å². The second-order valence-corrected chi connectivity index (χ2v) is 8.30. The number of aryl methyl sites for hydroxylation is 2. The Bertz CT molecular complexity index is 1170. The van der Waals surface area contributed by atoms with Crippen LogP contribution in [0.2, 0.25) is 0 Å². The molecule has 168 valence electrons. The molecule has 0 atom stereocenters. The number of piperazine rings is 1. The molecule has 0 aliphatic carbocycles. The Labute approximate surface area is 187 Å². The molecule has 1 aromatic carbocycles. The largest absolute Gasteiger partial charge is 0.492 e. The zero-order valence-electron chi connectivity index (χ0n) is 18.8. The number of ether oxygens (including phenoxy) is 1. The van der Waals surface area contributed by atoms with Gasteiger partial charge in [-0.1, -0.05) is 0 Å². The van der Waals surface area contributed by atoms with Crippen LogP contribution in [0, 0.1) is 6.92 Å². The van der Waals surface area contributed by atoms with Crippen molar-refractivity contribution in [2.75, 3.05) is 54.4 Å². The third kappa shape index (κ3) is 3.73. The van der Waals surface area contributed by atoms with Crippen molar-refractivity contribution >= 4 is 34.1 Å². The lowest BCUT2D eigenvalue weighted by atomic mass is 10.1. The Morgan fingerprint density at radius 3 is 2.81 bits per heavy atom. The number of rotatable bonds is 4. The number of carbonyl (C=O) groups excluding carboxylic acids is 1. The van der Waals surface area contributed by atoms with Crippen molar-refractivity contribution in [1.82, 2.24) is 20.1 Å². The first-order valence-electron chi connectivity index (χ1n) is 11.2. The van der Waals surface area contributed by atoms with Crippen LogP contribution < -0.4 is 25.2 Å². The van der Waals surface area contributed by atoms with Gasteiger partial charge in [0.1, 0.15) is 11.6 Å². The molecule has 0 bridgehead atoms. The number of urea groups is 1. The molecular formula is C23H29N7O2. The molecule has 9 heteroatoms. The fraction of sp³-hybridized carbons (Fsp3) is 0.435. The Morgan fingerprint density at radius 1 is 1.22 bits per heavy atom. The van der Waals surface area contributed by atoms with Gasteiger partial charge in [-0.2, -0.15) is 5.10 Å². The van der Waals surface area contributed by atoms with Gasteiger partial charge in [-0.25, -0.2) is 9.78 Å². The SMILES string of the molecule is CCOc1cc2nn(C)cc2cc1NC(=O)N1CCc2c(N3CCNCC3)cc(C)nc21. The molecule has 1 saturated heterocycles. The highest BCUT2D eigenvalue weighted by molar-refractivity contribution is 6.05. The fourth-order valence-corrected chi connectivity index (χ4v) is 4.58. The van der Waals surface area contributed by atoms with Crippen LogP contribution in [0.5, 0.6) is 5.75 Å². The first kappa shape index (κ1) is 20.6. The van der Waals surface area contributed by atoms with Crippen molar-refractivity contribution in [1.29, 1.82) is 0 Å². The van der Waals surface area contributed by atoms with E-state index in [0.717, 1.165) is 60.6 Å². The van der Waals surface area contributed by atoms with Crippen LogP contribution in [0.1, 0.15) is 18.2 Å². The van der Waals surface area contributed by atoms with E-state index in [-0.39, 0.29) is 6.03 Å². The van der Waals surface area contributed by atoms with Crippen LogP contribution in [-0.4, -0.2) is 60.1 Å². The van der Waals surface area contributed by atoms with Gasteiger partial charge in [0.15, 0.2) is 0 Å². The van der Waals surface area contributed by atoms with Crippen LogP contribution in [0.25, 0.3) is 10.9 Å². The number of benzene rings is 1. The summed E-state index contributed by atoms with van der Waals surface area (Å²) in [5.74, 6) is 1.38. The van der Waals surface area contributed by atoms with E-state index < -0.39 is 0 Å². The zero-order valence-corrected chi connectivity index (χ0v) is 18.8. The standard InChI is InChI=1S/C23H29N7O2/c1-4-32-21-13-18-16(14-28(3)27-18)12-19(21)26-23(31)30-8-5-17-20(11-15(2)25-22(17)30)29-9-6-24-7-10-29/h11-14,24H,4-10H2,1-3H3,(H,26,31). The highest BCUT2D eigenvalue weighted by atomic mass is 16.5. The van der Waals surface area contributed by atoms with Crippen molar-refractivity contribution in [2.24, 2.45) is 7.05 Å². The predicted molar refractivity (Wildman–Crippen MR) is 126 cm³/mol. The summed E-state index contributed by atoms with van der Waals surface area (Å²) in [5.41, 5.74) is 4.75. The van der Waals surface area contributed by atoms with Crippen molar-refractivity contribution < 1.29 is 9.53 Å². The molecule has 2 aromatic heterocycles. The number of amides is 2. The van der Waals surface area contributed by atoms with E-state index >= 15 is 0 Å². The number of aromatic nitrogens is 3. The number of anilines is 3. The topological polar surface area (TPSA) is 87.5 Å². The monoisotopic (exact) mass is 435 g/mol. The van der Waals surface area contributed by atoms with Crippen molar-refractivity contribution in [2.45, 2.75) is 20.3 Å². The van der Waals surface area contributed by atoms with Gasteiger partial charge in [-0.05, 0) is 32.4 Å². The molecule has 32 heavy (non-hydrogen) atoms. The van der Waals surface area contributed by atoms with E-state index in [4.69, 9.17) is 9.72 Å². The van der Waals surface area contributed by atoms with Crippen LogP contribution in [0.15, 0.2) is 24.4 Å². The number of pyridine rings is 1. The minimum Gasteiger partial charge on any atom is -0.492 e. The van der Waals surface area contributed by atoms with Gasteiger partial charge in [0.05, 0.1) is 17.8 Å². The van der Waals surface area contributed by atoms with Crippen molar-refractivity contribution in [3.63, 3.8) is 0 Å². The van der Waals surface area contributed by atoms with Crippen LogP contribution in [0.4, 0.5) is 22.0 Å². The minimum absolute atomic E-state index is 0.197. The number of fused-ring (bicyclic) bond motifs is 2. The maximum absolute atomic E-state index is 13.3. The van der Waals surface area contributed by atoms with E-state index in [1.54, 1.807) is 9.58 Å². The van der Waals surface area contributed by atoms with Gasteiger partial charge < -0.3 is 20.3 Å². The molecule has 5 rings (SSSR count). The Balaban J connectivity index is 1.45. The Morgan fingerprint density at radius 2 is 2.03 bits per heavy atom. The molecule has 2 N–H and O–H groups in total. The first-order valence-corrected chi connectivity index (χ1v) is 11.2. The van der Waals surface area contributed by atoms with Gasteiger partial charge in [0.2, 0.25) is 0 Å². The van der Waals surface area contributed by atoms with Crippen LogP contribution in [0.3, 0.4) is 0 Å². The lowest BCUT2D eigenvalue weighted by Crippen LogP contribution is -2.44. The Kier molecular flexibility index (Phi) is 5.34. The van der Waals surface area contributed by atoms with Crippen molar-refractivity contribution in [3.05, 3.63) is 35.7 Å². The minimum atomic E-state index is -0.197. The van der Waals surface area contributed by atoms with E-state index in [2.05, 4.69) is 26.7 Å². The Hall–Kier alpha value is -3.33. The lowest BCUT2D eigenvalue weighted by Gasteiger charge is -2.31. The third-order valence-electron chi connectivity index (χ3n) is 6.01. The average Bonchev–Trinajstić information content (AvgIpc) is 3.36. The van der Waals surface area contributed by atoms with E-state index in [0.29, 0.717) is 24.6 Å². The normalized spacial score (nSPS) is 15.8. The highest BCUT2D eigenvalue weighted by Gasteiger charge is 2.31. The molecule has 0 spiro atoms. The van der Waals surface area contributed by atoms with Crippen molar-refractivity contribution in [3.8, 4) is 5.75 Å². The first-order chi connectivity index (χ1) is 15.5. The van der Waals surface area contributed by atoms with Crippen LogP contribution in [-0.2, 0) is 13.5 Å². The summed E-state index contributed by atoms with van der Waals surface area (Å²) in [5, 5.41) is 11.8. The van der Waals surface area contributed by atoms with Gasteiger partial charge in [-0.3, -0.25) is 9.58 Å². The number of nitrogens with zero attached hydrogens (tertiary/aromatic N) is 5. The molecule has 2 aliphatic rings. The molecule has 0 saturated carbocycles. The summed E-state index contributed by atoms with van der Waals surface area (Å²) >= 11 is 0. The number of carbonyl (C=O) groups is 1. The fourth-order valence-electron chi connectivity index (χ4n) is 4.58. The van der Waals surface area contributed by atoms with Gasteiger partial charge in [-0.15, -0.1) is 0 Å². The predicted octanol–water partition coefficient (Wildman–Crippen LogP) is 2.68. The summed E-state index contributed by atoms with van der Waals surface area (Å²) in [6, 6.07) is 5.74. The number of hydrogen-bond acceptors (Lipinski definition) is 6. The number of nitrogens with one attached hydrogen (secondary N) is 2. The summed E-state index contributed by atoms with van der Waals surface area (Å²) in [6.45, 7) is 8.89. The van der Waals surface area contributed by atoms with Crippen LogP contribution >= 0.6 is 0 Å². The molecule has 2 amide bonds. The average molecular weight is 436 g/mol. The highest BCUT2D eigenvalue weighted by Crippen LogP contribution is 2.36. The van der Waals surface area contributed by atoms with E-state index in [9.17, 15) is 4.79 Å². The molecule has 1 fully saturated rings. The summed E-state index contributed by atoms with van der Waals surface area (Å²) in [4.78, 5) is 22.2. The lowest BCUT2D eigenvalue weighted by molar-refractivity contribution is 0.257. The molecule has 2 aliphatic heterocycles. The van der Waals surface area contributed by atoms with Gasteiger partial charge in [0, 0.05) is 74.4 Å². The second-order valence-electron chi connectivity index (χ2n) is 8.30. The maximum atomic E-state index is 13.3. The molecule has 0 unspecified atom stereocenters. The summed E-state index contributed by atoms with van der Waals surface area (Å²) in [6.07, 6.45) is 2.73. The van der Waals surface area contributed by atoms with Gasteiger partial charge >= 0.3 is 6.03 Å². The molecule has 9 nitrogen and oxygen atoms in total. The molecule has 4 heterocycles. The molecular weight excluding hydrogens is 406 g/mol.